The van der Waals surface area contributed by atoms with E-state index in [0.717, 1.165) is 32.5 Å². The molecule has 0 aromatic rings. The van der Waals surface area contributed by atoms with Crippen molar-refractivity contribution in [2.75, 3.05) is 19.7 Å². The van der Waals surface area contributed by atoms with Crippen molar-refractivity contribution in [2.24, 2.45) is 5.84 Å². The second kappa shape index (κ2) is 6.43. The summed E-state index contributed by atoms with van der Waals surface area (Å²) in [5.41, 5.74) is 2.88. The van der Waals surface area contributed by atoms with Gasteiger partial charge in [0.05, 0.1) is 12.7 Å². The maximum absolute atomic E-state index is 5.78. The maximum Gasteiger partial charge on any atom is 0.0868 e. The molecule has 90 valence electrons. The van der Waals surface area contributed by atoms with E-state index in [1.807, 2.05) is 0 Å². The van der Waals surface area contributed by atoms with E-state index in [9.17, 15) is 0 Å². The molecule has 0 aliphatic carbocycles. The van der Waals surface area contributed by atoms with Gasteiger partial charge in [-0.3, -0.25) is 16.2 Å². The maximum atomic E-state index is 5.78. The van der Waals surface area contributed by atoms with Gasteiger partial charge in [0.2, 0.25) is 0 Å². The lowest BCUT2D eigenvalue weighted by Crippen LogP contribution is -2.55. The Kier molecular flexibility index (Phi) is 5.53. The van der Waals surface area contributed by atoms with Crippen LogP contribution in [0, 0.1) is 0 Å². The third kappa shape index (κ3) is 3.72. The van der Waals surface area contributed by atoms with E-state index in [1.165, 1.54) is 0 Å². The number of nitrogens with one attached hydrogen (secondary N) is 1. The molecular formula is C11H25N3O. The first kappa shape index (κ1) is 12.9. The summed E-state index contributed by atoms with van der Waals surface area (Å²) in [5, 5.41) is 0. The van der Waals surface area contributed by atoms with Crippen LogP contribution in [0.5, 0.6) is 0 Å². The first-order chi connectivity index (χ1) is 7.19. The highest BCUT2D eigenvalue weighted by Crippen LogP contribution is 2.14. The minimum absolute atomic E-state index is 0.242. The summed E-state index contributed by atoms with van der Waals surface area (Å²) in [7, 11) is 0. The Morgan fingerprint density at radius 1 is 1.53 bits per heavy atom. The molecule has 4 nitrogen and oxygen atoms in total. The molecule has 1 aliphatic heterocycles. The van der Waals surface area contributed by atoms with Gasteiger partial charge in [0, 0.05) is 25.2 Å². The van der Waals surface area contributed by atoms with Gasteiger partial charge in [-0.2, -0.15) is 0 Å². The van der Waals surface area contributed by atoms with Crippen LogP contribution in [0.3, 0.4) is 0 Å². The summed E-state index contributed by atoms with van der Waals surface area (Å²) in [5.74, 6) is 5.56. The van der Waals surface area contributed by atoms with Gasteiger partial charge < -0.3 is 4.74 Å². The largest absolute Gasteiger partial charge is 0.374 e. The monoisotopic (exact) mass is 215 g/mol. The molecule has 0 aromatic heterocycles. The summed E-state index contributed by atoms with van der Waals surface area (Å²) in [6.07, 6.45) is 2.45. The van der Waals surface area contributed by atoms with E-state index in [4.69, 9.17) is 10.6 Å². The Balaban J connectivity index is 2.46. The molecule has 1 heterocycles. The molecule has 15 heavy (non-hydrogen) atoms. The normalized spacial score (nSPS) is 25.8. The number of nitrogens with two attached hydrogens (primary N) is 1. The zero-order valence-electron chi connectivity index (χ0n) is 10.2. The first-order valence-electron chi connectivity index (χ1n) is 6.00. The Labute approximate surface area is 93.1 Å². The minimum Gasteiger partial charge on any atom is -0.374 e. The lowest BCUT2D eigenvalue weighted by atomic mass is 10.0. The van der Waals surface area contributed by atoms with Gasteiger partial charge in [-0.25, -0.2) is 0 Å². The molecular weight excluding hydrogens is 190 g/mol. The van der Waals surface area contributed by atoms with Crippen molar-refractivity contribution >= 4 is 0 Å². The predicted octanol–water partition coefficient (Wildman–Crippen LogP) is 0.728. The van der Waals surface area contributed by atoms with Gasteiger partial charge >= 0.3 is 0 Å². The van der Waals surface area contributed by atoms with Crippen molar-refractivity contribution < 1.29 is 4.74 Å². The first-order valence-corrected chi connectivity index (χ1v) is 6.00. The predicted molar refractivity (Wildman–Crippen MR) is 62.5 cm³/mol. The second-order valence-electron chi connectivity index (χ2n) is 4.56. The number of hydrazine groups is 1. The quantitative estimate of drug-likeness (QED) is 0.524. The van der Waals surface area contributed by atoms with E-state index in [2.05, 4.69) is 31.1 Å². The van der Waals surface area contributed by atoms with Crippen molar-refractivity contribution in [3.8, 4) is 0 Å². The minimum atomic E-state index is 0.242. The molecule has 4 heteroatoms. The molecule has 0 radical (unpaired) electrons. The van der Waals surface area contributed by atoms with Crippen molar-refractivity contribution in [3.05, 3.63) is 0 Å². The van der Waals surface area contributed by atoms with Crippen molar-refractivity contribution in [2.45, 2.75) is 51.8 Å². The fourth-order valence-corrected chi connectivity index (χ4v) is 2.10. The van der Waals surface area contributed by atoms with Gasteiger partial charge in [0.15, 0.2) is 0 Å². The molecule has 0 aromatic carbocycles. The van der Waals surface area contributed by atoms with Gasteiger partial charge in [-0.1, -0.05) is 13.3 Å². The zero-order chi connectivity index (χ0) is 11.3. The van der Waals surface area contributed by atoms with Gasteiger partial charge in [0.25, 0.3) is 0 Å². The SMILES string of the molecule is CCCC(NN)C1CN(C(C)C)CCO1. The molecule has 1 saturated heterocycles. The van der Waals surface area contributed by atoms with E-state index < -0.39 is 0 Å². The fourth-order valence-electron chi connectivity index (χ4n) is 2.10. The molecule has 2 unspecified atom stereocenters. The fraction of sp³-hybridized carbons (Fsp3) is 1.00. The van der Waals surface area contributed by atoms with Crippen molar-refractivity contribution in [1.29, 1.82) is 0 Å². The van der Waals surface area contributed by atoms with Crippen LogP contribution in [0.15, 0.2) is 0 Å². The molecule has 0 spiro atoms. The summed E-state index contributed by atoms with van der Waals surface area (Å²) in [4.78, 5) is 2.45. The summed E-state index contributed by atoms with van der Waals surface area (Å²) >= 11 is 0. The third-order valence-corrected chi connectivity index (χ3v) is 3.12. The second-order valence-corrected chi connectivity index (χ2v) is 4.56. The molecule has 1 fully saturated rings. The Bertz CT molecular complexity index is 175. The number of rotatable bonds is 5. The topological polar surface area (TPSA) is 50.5 Å². The molecule has 2 atom stereocenters. The van der Waals surface area contributed by atoms with Gasteiger partial charge in [0.1, 0.15) is 0 Å². The highest BCUT2D eigenvalue weighted by Gasteiger charge is 2.27. The molecule has 1 aliphatic rings. The van der Waals surface area contributed by atoms with Crippen molar-refractivity contribution in [1.82, 2.24) is 10.3 Å². The van der Waals surface area contributed by atoms with Crippen LogP contribution in [-0.4, -0.2) is 42.8 Å². The van der Waals surface area contributed by atoms with Crippen LogP contribution < -0.4 is 11.3 Å². The summed E-state index contributed by atoms with van der Waals surface area (Å²) in [6.45, 7) is 9.49. The molecule has 1 rings (SSSR count). The van der Waals surface area contributed by atoms with Crippen LogP contribution in [-0.2, 0) is 4.74 Å². The van der Waals surface area contributed by atoms with Crippen LogP contribution in [0.1, 0.15) is 33.6 Å². The van der Waals surface area contributed by atoms with Gasteiger partial charge in [-0.05, 0) is 20.3 Å². The van der Waals surface area contributed by atoms with E-state index in [1.54, 1.807) is 0 Å². The number of nitrogens with zero attached hydrogens (tertiary/aromatic N) is 1. The smallest absolute Gasteiger partial charge is 0.0868 e. The van der Waals surface area contributed by atoms with Crippen LogP contribution >= 0.6 is 0 Å². The highest BCUT2D eigenvalue weighted by molar-refractivity contribution is 4.82. The highest BCUT2D eigenvalue weighted by atomic mass is 16.5. The zero-order valence-corrected chi connectivity index (χ0v) is 10.2. The third-order valence-electron chi connectivity index (χ3n) is 3.12. The standard InChI is InChI=1S/C11H25N3O/c1-4-5-10(13-12)11-8-14(9(2)3)6-7-15-11/h9-11,13H,4-8,12H2,1-3H3. The average Bonchev–Trinajstić information content (AvgIpc) is 2.26. The molecule has 3 N–H and O–H groups in total. The summed E-state index contributed by atoms with van der Waals surface area (Å²) in [6, 6.07) is 0.882. The molecule has 0 bridgehead atoms. The molecule has 0 amide bonds. The molecule has 0 saturated carbocycles. The van der Waals surface area contributed by atoms with E-state index in [-0.39, 0.29) is 12.1 Å². The Morgan fingerprint density at radius 2 is 2.27 bits per heavy atom. The number of ether oxygens (including phenoxy) is 1. The van der Waals surface area contributed by atoms with Gasteiger partial charge in [-0.15, -0.1) is 0 Å². The Morgan fingerprint density at radius 3 is 2.80 bits per heavy atom. The number of morpholine rings is 1. The van der Waals surface area contributed by atoms with E-state index >= 15 is 0 Å². The van der Waals surface area contributed by atoms with Crippen LogP contribution in [0.4, 0.5) is 0 Å². The van der Waals surface area contributed by atoms with E-state index in [0.29, 0.717) is 6.04 Å². The average molecular weight is 215 g/mol. The lowest BCUT2D eigenvalue weighted by Gasteiger charge is -2.38. The van der Waals surface area contributed by atoms with Crippen molar-refractivity contribution in [3.63, 3.8) is 0 Å². The van der Waals surface area contributed by atoms with Crippen LogP contribution in [0.25, 0.3) is 0 Å². The number of hydrogen-bond donors (Lipinski definition) is 2. The summed E-state index contributed by atoms with van der Waals surface area (Å²) < 4.78 is 5.78. The number of hydrogen-bond acceptors (Lipinski definition) is 4. The lowest BCUT2D eigenvalue weighted by molar-refractivity contribution is -0.0566. The Hall–Kier alpha value is -0.160. The van der Waals surface area contributed by atoms with Crippen LogP contribution in [0.2, 0.25) is 0 Å².